The van der Waals surface area contributed by atoms with E-state index in [1.807, 2.05) is 30.3 Å². The Morgan fingerprint density at radius 1 is 1.32 bits per heavy atom. The van der Waals surface area contributed by atoms with Crippen molar-refractivity contribution in [2.75, 3.05) is 23.4 Å². The van der Waals surface area contributed by atoms with E-state index in [1.54, 1.807) is 6.92 Å². The summed E-state index contributed by atoms with van der Waals surface area (Å²) in [6.45, 7) is 1.91. The number of rotatable bonds is 4. The molecule has 1 heterocycles. The normalized spacial score (nSPS) is 24.9. The van der Waals surface area contributed by atoms with E-state index < -0.39 is 15.4 Å². The minimum absolute atomic E-state index is 0.0249. The molecule has 0 saturated carbocycles. The first-order valence-corrected chi connectivity index (χ1v) is 8.01. The van der Waals surface area contributed by atoms with Gasteiger partial charge in [0.15, 0.2) is 9.84 Å². The monoisotopic (exact) mass is 282 g/mol. The molecular weight excluding hydrogens is 264 g/mol. The molecule has 0 radical (unpaired) electrons. The van der Waals surface area contributed by atoms with E-state index in [4.69, 9.17) is 0 Å². The van der Waals surface area contributed by atoms with Crippen LogP contribution in [-0.4, -0.2) is 37.9 Å². The van der Waals surface area contributed by atoms with Crippen LogP contribution >= 0.6 is 0 Å². The molecule has 104 valence electrons. The summed E-state index contributed by atoms with van der Waals surface area (Å²) in [7, 11) is -3.00. The van der Waals surface area contributed by atoms with Gasteiger partial charge in [-0.3, -0.25) is 4.79 Å². The molecule has 1 saturated heterocycles. The summed E-state index contributed by atoms with van der Waals surface area (Å²) in [4.78, 5) is 11.8. The van der Waals surface area contributed by atoms with Crippen LogP contribution in [0, 0.1) is 0 Å². The van der Waals surface area contributed by atoms with Crippen LogP contribution < -0.4 is 10.6 Å². The molecule has 1 aromatic carbocycles. The third-order valence-electron chi connectivity index (χ3n) is 3.17. The third kappa shape index (κ3) is 3.96. The Morgan fingerprint density at radius 3 is 2.58 bits per heavy atom. The van der Waals surface area contributed by atoms with Crippen molar-refractivity contribution in [1.29, 1.82) is 0 Å². The molecule has 1 fully saturated rings. The van der Waals surface area contributed by atoms with E-state index in [0.29, 0.717) is 6.42 Å². The van der Waals surface area contributed by atoms with Gasteiger partial charge in [-0.25, -0.2) is 8.42 Å². The Morgan fingerprint density at radius 2 is 2.00 bits per heavy atom. The highest BCUT2D eigenvalue weighted by Crippen LogP contribution is 2.22. The third-order valence-corrected chi connectivity index (χ3v) is 5.07. The van der Waals surface area contributed by atoms with Gasteiger partial charge in [-0.15, -0.1) is 0 Å². The predicted octanol–water partition coefficient (Wildman–Crippen LogP) is 0.792. The summed E-state index contributed by atoms with van der Waals surface area (Å²) >= 11 is 0. The van der Waals surface area contributed by atoms with E-state index in [2.05, 4.69) is 10.6 Å². The molecule has 1 aliphatic heterocycles. The average molecular weight is 282 g/mol. The van der Waals surface area contributed by atoms with Crippen LogP contribution in [0.15, 0.2) is 30.3 Å². The minimum atomic E-state index is -3.00. The van der Waals surface area contributed by atoms with Crippen molar-refractivity contribution in [2.45, 2.75) is 18.9 Å². The summed E-state index contributed by atoms with van der Waals surface area (Å²) in [6, 6.07) is 9.40. The lowest BCUT2D eigenvalue weighted by Crippen LogP contribution is -2.48. The second-order valence-corrected chi connectivity index (χ2v) is 7.35. The molecule has 1 unspecified atom stereocenters. The molecule has 0 aromatic heterocycles. The SMILES string of the molecule is CC1(NC(=O)CNc2ccccc2)CCS(=O)(=O)C1. The van der Waals surface area contributed by atoms with E-state index in [9.17, 15) is 13.2 Å². The van der Waals surface area contributed by atoms with Crippen LogP contribution in [0.5, 0.6) is 0 Å². The summed E-state index contributed by atoms with van der Waals surface area (Å²) in [6.07, 6.45) is 0.479. The summed E-state index contributed by atoms with van der Waals surface area (Å²) in [5.74, 6) is -0.0177. The fourth-order valence-electron chi connectivity index (χ4n) is 2.23. The molecule has 2 N–H and O–H groups in total. The Kier molecular flexibility index (Phi) is 3.80. The van der Waals surface area contributed by atoms with Gasteiger partial charge >= 0.3 is 0 Å². The van der Waals surface area contributed by atoms with Gasteiger partial charge in [-0.2, -0.15) is 0 Å². The molecule has 1 amide bonds. The molecule has 1 atom stereocenters. The molecule has 1 aliphatic rings. The number of hydrogen-bond donors (Lipinski definition) is 2. The lowest BCUT2D eigenvalue weighted by atomic mass is 10.0. The van der Waals surface area contributed by atoms with E-state index in [-0.39, 0.29) is 24.0 Å². The average Bonchev–Trinajstić information content (AvgIpc) is 2.62. The number of carbonyl (C=O) groups is 1. The van der Waals surface area contributed by atoms with Crippen molar-refractivity contribution < 1.29 is 13.2 Å². The number of amides is 1. The quantitative estimate of drug-likeness (QED) is 0.856. The number of hydrogen-bond acceptors (Lipinski definition) is 4. The predicted molar refractivity (Wildman–Crippen MR) is 74.8 cm³/mol. The van der Waals surface area contributed by atoms with Gasteiger partial charge in [-0.1, -0.05) is 18.2 Å². The molecule has 19 heavy (non-hydrogen) atoms. The molecular formula is C13H18N2O3S. The zero-order valence-corrected chi connectivity index (χ0v) is 11.7. The Labute approximate surface area is 113 Å². The van der Waals surface area contributed by atoms with Gasteiger partial charge in [0.2, 0.25) is 5.91 Å². The summed E-state index contributed by atoms with van der Waals surface area (Å²) in [5.41, 5.74) is 0.232. The second kappa shape index (κ2) is 5.21. The largest absolute Gasteiger partial charge is 0.376 e. The van der Waals surface area contributed by atoms with Crippen LogP contribution in [-0.2, 0) is 14.6 Å². The first-order valence-electron chi connectivity index (χ1n) is 6.19. The number of nitrogens with one attached hydrogen (secondary N) is 2. The topological polar surface area (TPSA) is 75.3 Å². The molecule has 0 bridgehead atoms. The molecule has 2 rings (SSSR count). The Hall–Kier alpha value is -1.56. The van der Waals surface area contributed by atoms with Crippen molar-refractivity contribution >= 4 is 21.4 Å². The number of para-hydroxylation sites is 1. The number of carbonyl (C=O) groups excluding carboxylic acids is 1. The van der Waals surface area contributed by atoms with Crippen molar-refractivity contribution in [3.63, 3.8) is 0 Å². The zero-order chi connectivity index (χ0) is 13.9. The maximum absolute atomic E-state index is 11.8. The van der Waals surface area contributed by atoms with Gasteiger partial charge < -0.3 is 10.6 Å². The van der Waals surface area contributed by atoms with Crippen LogP contribution in [0.2, 0.25) is 0 Å². The van der Waals surface area contributed by atoms with Gasteiger partial charge in [0, 0.05) is 5.69 Å². The fraction of sp³-hybridized carbons (Fsp3) is 0.462. The number of sulfone groups is 1. The van der Waals surface area contributed by atoms with E-state index in [1.165, 1.54) is 0 Å². The molecule has 1 aromatic rings. The van der Waals surface area contributed by atoms with Crippen LogP contribution in [0.1, 0.15) is 13.3 Å². The number of benzene rings is 1. The highest BCUT2D eigenvalue weighted by atomic mass is 32.2. The second-order valence-electron chi connectivity index (χ2n) is 5.17. The lowest BCUT2D eigenvalue weighted by Gasteiger charge is -2.24. The van der Waals surface area contributed by atoms with Gasteiger partial charge in [0.25, 0.3) is 0 Å². The summed E-state index contributed by atoms with van der Waals surface area (Å²) in [5, 5.41) is 5.80. The molecule has 0 spiro atoms. The van der Waals surface area contributed by atoms with Crippen molar-refractivity contribution in [2.24, 2.45) is 0 Å². The Balaban J connectivity index is 1.85. The Bertz CT molecular complexity index is 557. The highest BCUT2D eigenvalue weighted by Gasteiger charge is 2.39. The zero-order valence-electron chi connectivity index (χ0n) is 10.8. The van der Waals surface area contributed by atoms with Crippen LogP contribution in [0.4, 0.5) is 5.69 Å². The lowest BCUT2D eigenvalue weighted by molar-refractivity contribution is -0.120. The van der Waals surface area contributed by atoms with Gasteiger partial charge in [0.05, 0.1) is 23.6 Å². The standard InChI is InChI=1S/C13H18N2O3S/c1-13(7-8-19(17,18)10-13)15-12(16)9-14-11-5-3-2-4-6-11/h2-6,14H,7-10H2,1H3,(H,15,16). The first-order chi connectivity index (χ1) is 8.89. The summed E-state index contributed by atoms with van der Waals surface area (Å²) < 4.78 is 22.9. The van der Waals surface area contributed by atoms with E-state index in [0.717, 1.165) is 5.69 Å². The highest BCUT2D eigenvalue weighted by molar-refractivity contribution is 7.91. The van der Waals surface area contributed by atoms with Crippen molar-refractivity contribution in [1.82, 2.24) is 5.32 Å². The minimum Gasteiger partial charge on any atom is -0.376 e. The number of anilines is 1. The van der Waals surface area contributed by atoms with Crippen molar-refractivity contribution in [3.8, 4) is 0 Å². The van der Waals surface area contributed by atoms with E-state index >= 15 is 0 Å². The maximum atomic E-state index is 11.8. The molecule has 6 heteroatoms. The van der Waals surface area contributed by atoms with Crippen LogP contribution in [0.25, 0.3) is 0 Å². The molecule has 0 aliphatic carbocycles. The van der Waals surface area contributed by atoms with Crippen LogP contribution in [0.3, 0.4) is 0 Å². The maximum Gasteiger partial charge on any atom is 0.239 e. The van der Waals surface area contributed by atoms with Crippen molar-refractivity contribution in [3.05, 3.63) is 30.3 Å². The smallest absolute Gasteiger partial charge is 0.239 e. The van der Waals surface area contributed by atoms with Gasteiger partial charge in [0.1, 0.15) is 0 Å². The fourth-order valence-corrected chi connectivity index (χ4v) is 4.32. The molecule has 5 nitrogen and oxygen atoms in total. The van der Waals surface area contributed by atoms with Gasteiger partial charge in [-0.05, 0) is 25.5 Å². The first kappa shape index (κ1) is 13.9.